The van der Waals surface area contributed by atoms with Crippen LogP contribution in [0.3, 0.4) is 0 Å². The van der Waals surface area contributed by atoms with Gasteiger partial charge in [-0.2, -0.15) is 11.8 Å². The minimum absolute atomic E-state index is 0.167. The number of para-hydroxylation sites is 1. The Kier molecular flexibility index (Phi) is 7.40. The van der Waals surface area contributed by atoms with E-state index in [1.54, 1.807) is 18.9 Å². The number of methoxy groups -OCH3 is 1. The summed E-state index contributed by atoms with van der Waals surface area (Å²) in [5.41, 5.74) is 1.11. The minimum atomic E-state index is -2.88. The maximum Gasteiger partial charge on any atom is 0.148 e. The summed E-state index contributed by atoms with van der Waals surface area (Å²) in [7, 11) is -1.21. The van der Waals surface area contributed by atoms with Crippen LogP contribution in [0.2, 0.25) is 0 Å². The van der Waals surface area contributed by atoms with Gasteiger partial charge in [0, 0.05) is 29.4 Å². The number of hydrogen-bond acceptors (Lipinski definition) is 5. The molecule has 6 heteroatoms. The van der Waals surface area contributed by atoms with Crippen molar-refractivity contribution in [1.29, 1.82) is 0 Å². The summed E-state index contributed by atoms with van der Waals surface area (Å²) in [6, 6.07) is 8.09. The molecule has 0 spiro atoms. The Morgan fingerprint density at radius 3 is 2.65 bits per heavy atom. The van der Waals surface area contributed by atoms with Crippen LogP contribution in [0.15, 0.2) is 24.3 Å². The zero-order chi connectivity index (χ0) is 15.0. The molecule has 0 saturated heterocycles. The van der Waals surface area contributed by atoms with Gasteiger partial charge < -0.3 is 10.1 Å². The van der Waals surface area contributed by atoms with Crippen LogP contribution in [-0.4, -0.2) is 45.6 Å². The van der Waals surface area contributed by atoms with Crippen LogP contribution in [0.1, 0.15) is 18.5 Å². The molecule has 114 valence electrons. The van der Waals surface area contributed by atoms with Crippen molar-refractivity contribution in [2.24, 2.45) is 0 Å². The van der Waals surface area contributed by atoms with E-state index in [2.05, 4.69) is 12.2 Å². The van der Waals surface area contributed by atoms with Crippen molar-refractivity contribution in [3.8, 4) is 5.75 Å². The van der Waals surface area contributed by atoms with Crippen molar-refractivity contribution < 1.29 is 13.2 Å². The number of rotatable bonds is 9. The molecule has 0 saturated carbocycles. The van der Waals surface area contributed by atoms with E-state index in [4.69, 9.17) is 4.74 Å². The summed E-state index contributed by atoms with van der Waals surface area (Å²) in [5.74, 6) is 2.53. The fourth-order valence-corrected chi connectivity index (χ4v) is 4.25. The van der Waals surface area contributed by atoms with Crippen molar-refractivity contribution >= 4 is 21.6 Å². The maximum absolute atomic E-state index is 11.1. The highest BCUT2D eigenvalue weighted by Gasteiger charge is 2.15. The number of thioether (sulfide) groups is 1. The third-order valence-electron chi connectivity index (χ3n) is 2.85. The summed E-state index contributed by atoms with van der Waals surface area (Å²) in [5, 5.41) is 3.42. The van der Waals surface area contributed by atoms with Crippen LogP contribution in [0, 0.1) is 0 Å². The lowest BCUT2D eigenvalue weighted by Gasteiger charge is -2.20. The summed E-state index contributed by atoms with van der Waals surface area (Å²) < 4.78 is 27.6. The van der Waals surface area contributed by atoms with Gasteiger partial charge in [0.25, 0.3) is 0 Å². The Morgan fingerprint density at radius 2 is 2.05 bits per heavy atom. The molecule has 1 aromatic carbocycles. The first-order valence-corrected chi connectivity index (χ1v) is 9.81. The SMILES string of the molecule is CCNC(CSCCS(C)(=O)=O)c1ccccc1OC. The maximum atomic E-state index is 11.1. The highest BCUT2D eigenvalue weighted by Crippen LogP contribution is 2.27. The van der Waals surface area contributed by atoms with Crippen molar-refractivity contribution in [3.05, 3.63) is 29.8 Å². The predicted octanol–water partition coefficient (Wildman–Crippen LogP) is 2.12. The summed E-state index contributed by atoms with van der Waals surface area (Å²) in [6.07, 6.45) is 1.27. The standard InChI is InChI=1S/C14H23NO3S2/c1-4-15-13(11-19-9-10-20(3,16)17)12-7-5-6-8-14(12)18-2/h5-8,13,15H,4,9-11H2,1-3H3. The summed E-state index contributed by atoms with van der Waals surface area (Å²) in [6.45, 7) is 2.92. The molecular formula is C14H23NO3S2. The Hall–Kier alpha value is -0.720. The van der Waals surface area contributed by atoms with Gasteiger partial charge in [-0.3, -0.25) is 0 Å². The Balaban J connectivity index is 2.64. The van der Waals surface area contributed by atoms with Gasteiger partial charge in [-0.05, 0) is 12.6 Å². The third-order valence-corrected chi connectivity index (χ3v) is 5.11. The van der Waals surface area contributed by atoms with Crippen LogP contribution in [0.4, 0.5) is 0 Å². The summed E-state index contributed by atoms with van der Waals surface area (Å²) in [4.78, 5) is 0. The first-order valence-electron chi connectivity index (χ1n) is 6.59. The third kappa shape index (κ3) is 6.15. The van der Waals surface area contributed by atoms with Crippen molar-refractivity contribution in [3.63, 3.8) is 0 Å². The number of nitrogens with one attached hydrogen (secondary N) is 1. The second-order valence-corrected chi connectivity index (χ2v) is 7.97. The van der Waals surface area contributed by atoms with Gasteiger partial charge in [0.2, 0.25) is 0 Å². The highest BCUT2D eigenvalue weighted by molar-refractivity contribution is 8.00. The van der Waals surface area contributed by atoms with Crippen LogP contribution in [0.25, 0.3) is 0 Å². The minimum Gasteiger partial charge on any atom is -0.496 e. The van der Waals surface area contributed by atoms with E-state index in [1.807, 2.05) is 24.3 Å². The fourth-order valence-electron chi connectivity index (χ4n) is 1.87. The number of ether oxygens (including phenoxy) is 1. The van der Waals surface area contributed by atoms with Gasteiger partial charge >= 0.3 is 0 Å². The molecule has 1 aromatic rings. The molecule has 1 atom stereocenters. The molecule has 0 bridgehead atoms. The van der Waals surface area contributed by atoms with Gasteiger partial charge in [0.15, 0.2) is 0 Å². The molecular weight excluding hydrogens is 294 g/mol. The Bertz CT molecular complexity index is 503. The lowest BCUT2D eigenvalue weighted by atomic mass is 10.1. The zero-order valence-corrected chi connectivity index (χ0v) is 13.9. The molecule has 1 N–H and O–H groups in total. The van der Waals surface area contributed by atoms with E-state index in [-0.39, 0.29) is 11.8 Å². The molecule has 1 unspecified atom stereocenters. The van der Waals surface area contributed by atoms with E-state index in [9.17, 15) is 8.42 Å². The average Bonchev–Trinajstić information content (AvgIpc) is 2.41. The van der Waals surface area contributed by atoms with Crippen LogP contribution >= 0.6 is 11.8 Å². The lowest BCUT2D eigenvalue weighted by Crippen LogP contribution is -2.24. The molecule has 4 nitrogen and oxygen atoms in total. The first-order chi connectivity index (χ1) is 9.48. The monoisotopic (exact) mass is 317 g/mol. The lowest BCUT2D eigenvalue weighted by molar-refractivity contribution is 0.403. The Morgan fingerprint density at radius 1 is 1.35 bits per heavy atom. The van der Waals surface area contributed by atoms with Crippen LogP contribution in [-0.2, 0) is 9.84 Å². The molecule has 0 aliphatic rings. The van der Waals surface area contributed by atoms with Gasteiger partial charge in [-0.1, -0.05) is 25.1 Å². The highest BCUT2D eigenvalue weighted by atomic mass is 32.2. The van der Waals surface area contributed by atoms with Crippen molar-refractivity contribution in [2.75, 3.05) is 37.2 Å². The van der Waals surface area contributed by atoms with Gasteiger partial charge in [0.1, 0.15) is 15.6 Å². The molecule has 0 radical (unpaired) electrons. The molecule has 1 rings (SSSR count). The topological polar surface area (TPSA) is 55.4 Å². The van der Waals surface area contributed by atoms with Crippen molar-refractivity contribution in [2.45, 2.75) is 13.0 Å². The largest absolute Gasteiger partial charge is 0.496 e. The van der Waals surface area contributed by atoms with Gasteiger partial charge in [0.05, 0.1) is 12.9 Å². The molecule has 0 heterocycles. The van der Waals surface area contributed by atoms with E-state index in [1.165, 1.54) is 6.26 Å². The normalized spacial score (nSPS) is 13.2. The van der Waals surface area contributed by atoms with Gasteiger partial charge in [-0.15, -0.1) is 0 Å². The smallest absolute Gasteiger partial charge is 0.148 e. The quantitative estimate of drug-likeness (QED) is 0.707. The van der Waals surface area contributed by atoms with E-state index in [0.717, 1.165) is 23.6 Å². The summed E-state index contributed by atoms with van der Waals surface area (Å²) >= 11 is 1.64. The van der Waals surface area contributed by atoms with E-state index >= 15 is 0 Å². The molecule has 0 aliphatic heterocycles. The molecule has 0 aliphatic carbocycles. The molecule has 0 amide bonds. The van der Waals surface area contributed by atoms with E-state index < -0.39 is 9.84 Å². The number of benzene rings is 1. The van der Waals surface area contributed by atoms with Crippen LogP contribution < -0.4 is 10.1 Å². The molecule has 0 aromatic heterocycles. The predicted molar refractivity (Wildman–Crippen MR) is 86.4 cm³/mol. The second-order valence-electron chi connectivity index (χ2n) is 4.56. The Labute approximate surface area is 126 Å². The number of sulfone groups is 1. The average molecular weight is 317 g/mol. The van der Waals surface area contributed by atoms with E-state index in [0.29, 0.717) is 5.75 Å². The molecule has 20 heavy (non-hydrogen) atoms. The second kappa shape index (κ2) is 8.54. The fraction of sp³-hybridized carbons (Fsp3) is 0.571. The van der Waals surface area contributed by atoms with Crippen LogP contribution in [0.5, 0.6) is 5.75 Å². The number of hydrogen-bond donors (Lipinski definition) is 1. The van der Waals surface area contributed by atoms with Crippen molar-refractivity contribution in [1.82, 2.24) is 5.32 Å². The molecule has 0 fully saturated rings. The van der Waals surface area contributed by atoms with Gasteiger partial charge in [-0.25, -0.2) is 8.42 Å². The zero-order valence-electron chi connectivity index (χ0n) is 12.3. The first kappa shape index (κ1) is 17.3.